The highest BCUT2D eigenvalue weighted by molar-refractivity contribution is 6.06. The summed E-state index contributed by atoms with van der Waals surface area (Å²) in [7, 11) is 3.85. The van der Waals surface area contributed by atoms with Crippen molar-refractivity contribution in [3.8, 4) is 0 Å². The summed E-state index contributed by atoms with van der Waals surface area (Å²) in [6, 6.07) is 11.7. The Morgan fingerprint density at radius 3 is 2.24 bits per heavy atom. The normalized spacial score (nSPS) is 29.5. The minimum atomic E-state index is -0.102. The molecule has 6 rings (SSSR count). The predicted octanol–water partition coefficient (Wildman–Crippen LogP) is 4.78. The average Bonchev–Trinajstić information content (AvgIpc) is 2.68. The van der Waals surface area contributed by atoms with E-state index in [9.17, 15) is 4.79 Å². The van der Waals surface area contributed by atoms with Crippen LogP contribution < -0.4 is 15.5 Å². The van der Waals surface area contributed by atoms with Crippen LogP contribution in [-0.2, 0) is 0 Å². The standard InChI is InChI=1S/C24H30N4O/c1-28(2)22-12-19(7-8-25-22)23(29)26-20-5-3-4-6-21(20)27-24-13-16-9-17(14-24)11-18(10-16)15-24/h3-8,12,16-18,27H,9-11,13-15H2,1-2H3,(H,26,29). The number of nitrogens with one attached hydrogen (secondary N) is 2. The van der Waals surface area contributed by atoms with E-state index in [-0.39, 0.29) is 11.4 Å². The Morgan fingerprint density at radius 2 is 1.62 bits per heavy atom. The molecule has 0 radical (unpaired) electrons. The maximum absolute atomic E-state index is 12.9. The quantitative estimate of drug-likeness (QED) is 0.771. The highest BCUT2D eigenvalue weighted by Gasteiger charge is 2.51. The zero-order chi connectivity index (χ0) is 20.0. The van der Waals surface area contributed by atoms with Gasteiger partial charge in [0, 0.05) is 31.4 Å². The van der Waals surface area contributed by atoms with Crippen molar-refractivity contribution in [2.24, 2.45) is 17.8 Å². The Morgan fingerprint density at radius 1 is 1.00 bits per heavy atom. The Balaban J connectivity index is 1.36. The predicted molar refractivity (Wildman–Crippen MR) is 117 cm³/mol. The topological polar surface area (TPSA) is 57.3 Å². The summed E-state index contributed by atoms with van der Waals surface area (Å²) >= 11 is 0. The average molecular weight is 391 g/mol. The van der Waals surface area contributed by atoms with Crippen LogP contribution in [0.4, 0.5) is 17.2 Å². The molecule has 0 aliphatic heterocycles. The van der Waals surface area contributed by atoms with Gasteiger partial charge in [0.1, 0.15) is 5.82 Å². The first-order valence-corrected chi connectivity index (χ1v) is 10.8. The fourth-order valence-corrected chi connectivity index (χ4v) is 6.25. The lowest BCUT2D eigenvalue weighted by Crippen LogP contribution is -2.54. The summed E-state index contributed by atoms with van der Waals surface area (Å²) < 4.78 is 0. The van der Waals surface area contributed by atoms with E-state index in [1.165, 1.54) is 38.5 Å². The summed E-state index contributed by atoms with van der Waals surface area (Å²) in [5, 5.41) is 7.03. The molecule has 5 nitrogen and oxygen atoms in total. The SMILES string of the molecule is CN(C)c1cc(C(=O)Nc2ccccc2NC23CC4CC(CC(C4)C2)C3)ccn1. The van der Waals surface area contributed by atoms with Crippen molar-refractivity contribution in [1.29, 1.82) is 0 Å². The molecule has 4 aliphatic carbocycles. The van der Waals surface area contributed by atoms with E-state index in [4.69, 9.17) is 0 Å². The number of hydrogen-bond donors (Lipinski definition) is 2. The molecule has 4 bridgehead atoms. The molecule has 0 atom stereocenters. The van der Waals surface area contributed by atoms with Gasteiger partial charge in [0.15, 0.2) is 0 Å². The Kier molecular flexibility index (Phi) is 4.49. The number of carbonyl (C=O) groups excluding carboxylic acids is 1. The summed E-state index contributed by atoms with van der Waals surface area (Å²) in [6.07, 6.45) is 9.79. The lowest BCUT2D eigenvalue weighted by molar-refractivity contribution is 0.0107. The summed E-state index contributed by atoms with van der Waals surface area (Å²) in [6.45, 7) is 0. The molecule has 4 aliphatic rings. The summed E-state index contributed by atoms with van der Waals surface area (Å²) in [4.78, 5) is 19.1. The van der Waals surface area contributed by atoms with Gasteiger partial charge in [0.2, 0.25) is 0 Å². The maximum Gasteiger partial charge on any atom is 0.255 e. The van der Waals surface area contributed by atoms with Gasteiger partial charge in [-0.05, 0) is 80.5 Å². The molecule has 1 aromatic carbocycles. The molecule has 152 valence electrons. The van der Waals surface area contributed by atoms with Gasteiger partial charge >= 0.3 is 0 Å². The van der Waals surface area contributed by atoms with E-state index in [1.807, 2.05) is 37.2 Å². The van der Waals surface area contributed by atoms with Gasteiger partial charge in [-0.3, -0.25) is 4.79 Å². The van der Waals surface area contributed by atoms with Crippen molar-refractivity contribution < 1.29 is 4.79 Å². The van der Waals surface area contributed by atoms with Gasteiger partial charge in [0.05, 0.1) is 11.4 Å². The Bertz CT molecular complexity index is 887. The zero-order valence-electron chi connectivity index (χ0n) is 17.3. The van der Waals surface area contributed by atoms with Gasteiger partial charge in [-0.2, -0.15) is 0 Å². The highest BCUT2D eigenvalue weighted by atomic mass is 16.1. The number of carbonyl (C=O) groups is 1. The maximum atomic E-state index is 12.9. The molecular formula is C24H30N4O. The van der Waals surface area contributed by atoms with Crippen LogP contribution in [0.1, 0.15) is 48.9 Å². The van der Waals surface area contributed by atoms with Crippen LogP contribution in [0.5, 0.6) is 0 Å². The van der Waals surface area contributed by atoms with Crippen molar-refractivity contribution in [3.63, 3.8) is 0 Å². The number of anilines is 3. The van der Waals surface area contributed by atoms with Crippen LogP contribution >= 0.6 is 0 Å². The lowest BCUT2D eigenvalue weighted by Gasteiger charge is -2.57. The first kappa shape index (κ1) is 18.5. The molecule has 0 unspecified atom stereocenters. The van der Waals surface area contributed by atoms with E-state index in [1.54, 1.807) is 12.3 Å². The third-order valence-corrected chi connectivity index (χ3v) is 7.08. The second-order valence-corrected chi connectivity index (χ2v) is 9.62. The van der Waals surface area contributed by atoms with Crippen LogP contribution in [0.3, 0.4) is 0 Å². The number of aromatic nitrogens is 1. The molecule has 2 aromatic rings. The van der Waals surface area contributed by atoms with E-state index >= 15 is 0 Å². The van der Waals surface area contributed by atoms with Gasteiger partial charge in [-0.15, -0.1) is 0 Å². The van der Waals surface area contributed by atoms with E-state index in [0.717, 1.165) is 34.9 Å². The molecular weight excluding hydrogens is 360 g/mol. The van der Waals surface area contributed by atoms with E-state index < -0.39 is 0 Å². The molecule has 4 saturated carbocycles. The van der Waals surface area contributed by atoms with Crippen molar-refractivity contribution in [3.05, 3.63) is 48.2 Å². The first-order valence-electron chi connectivity index (χ1n) is 10.8. The smallest absolute Gasteiger partial charge is 0.255 e. The summed E-state index contributed by atoms with van der Waals surface area (Å²) in [5.41, 5.74) is 2.74. The number of benzene rings is 1. The second kappa shape index (κ2) is 7.05. The van der Waals surface area contributed by atoms with E-state index in [0.29, 0.717) is 5.56 Å². The van der Waals surface area contributed by atoms with Gasteiger partial charge < -0.3 is 15.5 Å². The molecule has 0 saturated heterocycles. The fraction of sp³-hybridized carbons (Fsp3) is 0.500. The third-order valence-electron chi connectivity index (χ3n) is 7.08. The van der Waals surface area contributed by atoms with Gasteiger partial charge in [-0.25, -0.2) is 4.98 Å². The molecule has 2 N–H and O–H groups in total. The fourth-order valence-electron chi connectivity index (χ4n) is 6.25. The third kappa shape index (κ3) is 3.59. The first-order chi connectivity index (χ1) is 14.0. The number of rotatable bonds is 5. The number of hydrogen-bond acceptors (Lipinski definition) is 4. The largest absolute Gasteiger partial charge is 0.378 e. The number of amides is 1. The Hall–Kier alpha value is -2.56. The molecule has 4 fully saturated rings. The van der Waals surface area contributed by atoms with Crippen molar-refractivity contribution in [2.75, 3.05) is 29.6 Å². The molecule has 1 aromatic heterocycles. The monoisotopic (exact) mass is 390 g/mol. The minimum absolute atomic E-state index is 0.102. The highest BCUT2D eigenvalue weighted by Crippen LogP contribution is 2.56. The van der Waals surface area contributed by atoms with Crippen molar-refractivity contribution in [1.82, 2.24) is 4.98 Å². The van der Waals surface area contributed by atoms with E-state index in [2.05, 4.69) is 27.8 Å². The van der Waals surface area contributed by atoms with Gasteiger partial charge in [-0.1, -0.05) is 12.1 Å². The van der Waals surface area contributed by atoms with Crippen LogP contribution in [0.25, 0.3) is 0 Å². The lowest BCUT2D eigenvalue weighted by atomic mass is 9.53. The zero-order valence-corrected chi connectivity index (χ0v) is 17.3. The van der Waals surface area contributed by atoms with Crippen molar-refractivity contribution in [2.45, 2.75) is 44.1 Å². The van der Waals surface area contributed by atoms with Crippen molar-refractivity contribution >= 4 is 23.1 Å². The number of pyridine rings is 1. The number of nitrogens with zero attached hydrogens (tertiary/aromatic N) is 2. The van der Waals surface area contributed by atoms with Crippen LogP contribution in [0, 0.1) is 17.8 Å². The van der Waals surface area contributed by atoms with Gasteiger partial charge in [0.25, 0.3) is 5.91 Å². The minimum Gasteiger partial charge on any atom is -0.378 e. The molecule has 0 spiro atoms. The molecule has 1 amide bonds. The van der Waals surface area contributed by atoms with Crippen LogP contribution in [-0.4, -0.2) is 30.5 Å². The molecule has 29 heavy (non-hydrogen) atoms. The molecule has 1 heterocycles. The molecule has 5 heteroatoms. The Labute approximate surface area is 172 Å². The van der Waals surface area contributed by atoms with Crippen LogP contribution in [0.15, 0.2) is 42.6 Å². The summed E-state index contributed by atoms with van der Waals surface area (Å²) in [5.74, 6) is 3.33. The number of para-hydroxylation sites is 2. The van der Waals surface area contributed by atoms with Crippen LogP contribution in [0.2, 0.25) is 0 Å². The second-order valence-electron chi connectivity index (χ2n) is 9.62.